The molecule has 0 unspecified atom stereocenters. The van der Waals surface area contributed by atoms with E-state index in [9.17, 15) is 4.79 Å². The molecule has 4 rings (SSSR count). The van der Waals surface area contributed by atoms with Crippen LogP contribution in [0.25, 0.3) is 11.3 Å². The van der Waals surface area contributed by atoms with Gasteiger partial charge in [0.1, 0.15) is 6.61 Å². The van der Waals surface area contributed by atoms with Gasteiger partial charge in [0.25, 0.3) is 5.91 Å². The number of carbonyl (C=O) groups excluding carboxylic acids is 1. The maximum absolute atomic E-state index is 12.6. The fraction of sp³-hybridized carbons (Fsp3) is 0.0909. The lowest BCUT2D eigenvalue weighted by atomic mass is 10.1. The molecule has 0 aliphatic carbocycles. The van der Waals surface area contributed by atoms with Gasteiger partial charge in [0.15, 0.2) is 11.4 Å². The van der Waals surface area contributed by atoms with Crippen LogP contribution in [0.3, 0.4) is 0 Å². The van der Waals surface area contributed by atoms with Gasteiger partial charge in [0.2, 0.25) is 0 Å². The zero-order chi connectivity index (χ0) is 19.9. The highest BCUT2D eigenvalue weighted by molar-refractivity contribution is 5.94. The summed E-state index contributed by atoms with van der Waals surface area (Å²) < 4.78 is 5.79. The number of nitrogens with one attached hydrogen (secondary N) is 2. The topological polar surface area (TPSA) is 92.8 Å². The van der Waals surface area contributed by atoms with Gasteiger partial charge in [-0.05, 0) is 47.0 Å². The van der Waals surface area contributed by atoms with Crippen molar-refractivity contribution in [1.29, 1.82) is 0 Å². The number of aromatic amines is 1. The highest BCUT2D eigenvalue weighted by Crippen LogP contribution is 2.18. The van der Waals surface area contributed by atoms with Crippen molar-refractivity contribution >= 4 is 5.91 Å². The molecule has 0 spiro atoms. The molecule has 0 bridgehead atoms. The summed E-state index contributed by atoms with van der Waals surface area (Å²) in [6.07, 6.45) is 6.69. The number of rotatable bonds is 7. The molecule has 7 nitrogen and oxygen atoms in total. The van der Waals surface area contributed by atoms with Crippen molar-refractivity contribution in [3.8, 4) is 17.0 Å². The van der Waals surface area contributed by atoms with Crippen molar-refractivity contribution < 1.29 is 9.53 Å². The van der Waals surface area contributed by atoms with Gasteiger partial charge in [-0.15, -0.1) is 0 Å². The lowest BCUT2D eigenvalue weighted by Crippen LogP contribution is -2.24. The smallest absolute Gasteiger partial charge is 0.274 e. The van der Waals surface area contributed by atoms with Gasteiger partial charge in [-0.3, -0.25) is 14.9 Å². The molecule has 0 aliphatic heterocycles. The summed E-state index contributed by atoms with van der Waals surface area (Å²) >= 11 is 0. The number of pyridine rings is 2. The molecule has 4 aromatic rings. The third kappa shape index (κ3) is 4.65. The van der Waals surface area contributed by atoms with Crippen LogP contribution >= 0.6 is 0 Å². The number of ether oxygens (including phenoxy) is 1. The van der Waals surface area contributed by atoms with E-state index in [4.69, 9.17) is 4.74 Å². The number of carbonyl (C=O) groups is 1. The molecule has 0 saturated heterocycles. The van der Waals surface area contributed by atoms with Gasteiger partial charge in [-0.1, -0.05) is 24.3 Å². The molecule has 2 N–H and O–H groups in total. The fourth-order valence-corrected chi connectivity index (χ4v) is 2.80. The van der Waals surface area contributed by atoms with Crippen molar-refractivity contribution in [3.05, 3.63) is 96.2 Å². The minimum atomic E-state index is -0.284. The van der Waals surface area contributed by atoms with Crippen LogP contribution in [0.15, 0.2) is 79.4 Å². The molecule has 29 heavy (non-hydrogen) atoms. The van der Waals surface area contributed by atoms with Gasteiger partial charge in [-0.25, -0.2) is 4.98 Å². The number of aromatic nitrogens is 4. The zero-order valence-corrected chi connectivity index (χ0v) is 15.6. The summed E-state index contributed by atoms with van der Waals surface area (Å²) in [6.45, 7) is 0.728. The second-order valence-electron chi connectivity index (χ2n) is 6.34. The summed E-state index contributed by atoms with van der Waals surface area (Å²) in [5, 5.41) is 9.78. The quantitative estimate of drug-likeness (QED) is 0.509. The van der Waals surface area contributed by atoms with Crippen LogP contribution in [0.1, 0.15) is 21.6 Å². The molecule has 0 atom stereocenters. The van der Waals surface area contributed by atoms with E-state index >= 15 is 0 Å². The molecule has 144 valence electrons. The van der Waals surface area contributed by atoms with Crippen LogP contribution in [0.2, 0.25) is 0 Å². The summed E-state index contributed by atoms with van der Waals surface area (Å²) in [4.78, 5) is 20.8. The summed E-state index contributed by atoms with van der Waals surface area (Å²) in [7, 11) is 0. The van der Waals surface area contributed by atoms with E-state index in [0.717, 1.165) is 22.4 Å². The summed E-state index contributed by atoms with van der Waals surface area (Å²) in [5.74, 6) is 0.157. The van der Waals surface area contributed by atoms with E-state index in [1.807, 2.05) is 42.5 Å². The molecule has 0 fully saturated rings. The Morgan fingerprint density at radius 2 is 1.76 bits per heavy atom. The Kier molecular flexibility index (Phi) is 5.57. The maximum Gasteiger partial charge on any atom is 0.274 e. The largest absolute Gasteiger partial charge is 0.486 e. The Morgan fingerprint density at radius 1 is 0.931 bits per heavy atom. The Hall–Kier alpha value is -4.00. The highest BCUT2D eigenvalue weighted by atomic mass is 16.5. The third-order valence-electron chi connectivity index (χ3n) is 4.35. The first kappa shape index (κ1) is 18.4. The standard InChI is InChI=1S/C22H19N5O2/c28-22(25-14-16-3-5-18(6-4-16)19-9-13-26-27-19)21-20(2-1-10-24-21)29-15-17-7-11-23-12-8-17/h1-13H,14-15H2,(H,25,28)(H,26,27). The second-order valence-corrected chi connectivity index (χ2v) is 6.34. The van der Waals surface area contributed by atoms with Crippen molar-refractivity contribution in [1.82, 2.24) is 25.5 Å². The SMILES string of the molecule is O=C(NCc1ccc(-c2ccn[nH]2)cc1)c1ncccc1OCc1ccncc1. The Balaban J connectivity index is 1.38. The molecule has 3 aromatic heterocycles. The van der Waals surface area contributed by atoms with Crippen LogP contribution < -0.4 is 10.1 Å². The second kappa shape index (κ2) is 8.79. The van der Waals surface area contributed by atoms with Crippen LogP contribution in [-0.2, 0) is 13.2 Å². The lowest BCUT2D eigenvalue weighted by Gasteiger charge is -2.11. The van der Waals surface area contributed by atoms with Crippen molar-refractivity contribution in [2.75, 3.05) is 0 Å². The average Bonchev–Trinajstić information content (AvgIpc) is 3.32. The first-order valence-electron chi connectivity index (χ1n) is 9.13. The van der Waals surface area contributed by atoms with E-state index in [1.165, 1.54) is 0 Å². The number of hydrogen-bond donors (Lipinski definition) is 2. The summed E-state index contributed by atoms with van der Waals surface area (Å²) in [5.41, 5.74) is 4.19. The van der Waals surface area contributed by atoms with Gasteiger partial charge >= 0.3 is 0 Å². The predicted molar refractivity (Wildman–Crippen MR) is 108 cm³/mol. The van der Waals surface area contributed by atoms with Gasteiger partial charge < -0.3 is 10.1 Å². The Labute approximate surface area is 167 Å². The van der Waals surface area contributed by atoms with E-state index in [0.29, 0.717) is 18.9 Å². The number of benzene rings is 1. The van der Waals surface area contributed by atoms with Gasteiger partial charge in [0.05, 0.1) is 5.69 Å². The molecular formula is C22H19N5O2. The Bertz CT molecular complexity index is 1060. The molecule has 3 heterocycles. The van der Waals surface area contributed by atoms with Crippen molar-refractivity contribution in [2.24, 2.45) is 0 Å². The van der Waals surface area contributed by atoms with Crippen LogP contribution in [0.4, 0.5) is 0 Å². The van der Waals surface area contributed by atoms with E-state index in [2.05, 4.69) is 25.5 Å². The van der Waals surface area contributed by atoms with Gasteiger partial charge in [-0.2, -0.15) is 5.10 Å². The van der Waals surface area contributed by atoms with E-state index in [1.54, 1.807) is 36.9 Å². The first-order chi connectivity index (χ1) is 14.3. The molecule has 0 aliphatic rings. The fourth-order valence-electron chi connectivity index (χ4n) is 2.80. The van der Waals surface area contributed by atoms with Crippen molar-refractivity contribution in [2.45, 2.75) is 13.2 Å². The molecule has 1 aromatic carbocycles. The maximum atomic E-state index is 12.6. The normalized spacial score (nSPS) is 10.5. The van der Waals surface area contributed by atoms with Crippen LogP contribution in [0.5, 0.6) is 5.75 Å². The minimum Gasteiger partial charge on any atom is -0.486 e. The molecule has 7 heteroatoms. The zero-order valence-electron chi connectivity index (χ0n) is 15.6. The molecule has 0 radical (unpaired) electrons. The van der Waals surface area contributed by atoms with E-state index in [-0.39, 0.29) is 11.6 Å². The number of hydrogen-bond acceptors (Lipinski definition) is 5. The van der Waals surface area contributed by atoms with Gasteiger partial charge in [0, 0.05) is 31.3 Å². The predicted octanol–water partition coefficient (Wildman–Crippen LogP) is 3.38. The number of nitrogens with zero attached hydrogens (tertiary/aromatic N) is 3. The molecule has 0 saturated carbocycles. The number of amides is 1. The lowest BCUT2D eigenvalue weighted by molar-refractivity contribution is 0.0941. The summed E-state index contributed by atoms with van der Waals surface area (Å²) in [6, 6.07) is 17.0. The third-order valence-corrected chi connectivity index (χ3v) is 4.35. The van der Waals surface area contributed by atoms with Crippen LogP contribution in [-0.4, -0.2) is 26.1 Å². The number of H-pyrrole nitrogens is 1. The minimum absolute atomic E-state index is 0.260. The molecular weight excluding hydrogens is 366 g/mol. The van der Waals surface area contributed by atoms with Crippen molar-refractivity contribution in [3.63, 3.8) is 0 Å². The van der Waals surface area contributed by atoms with E-state index < -0.39 is 0 Å². The average molecular weight is 385 g/mol. The van der Waals surface area contributed by atoms with Crippen LogP contribution in [0, 0.1) is 0 Å². The first-order valence-corrected chi connectivity index (χ1v) is 9.13. The monoisotopic (exact) mass is 385 g/mol. The molecule has 1 amide bonds. The highest BCUT2D eigenvalue weighted by Gasteiger charge is 2.14. The Morgan fingerprint density at radius 3 is 2.52 bits per heavy atom.